The molecule has 0 aromatic rings. The molecule has 0 aromatic carbocycles. The van der Waals surface area contributed by atoms with Gasteiger partial charge in [0.1, 0.15) is 5.60 Å². The Balaban J connectivity index is 2.50. The van der Waals surface area contributed by atoms with Gasteiger partial charge >= 0.3 is 0 Å². The van der Waals surface area contributed by atoms with Crippen molar-refractivity contribution in [2.75, 3.05) is 0 Å². The minimum atomic E-state index is -1.80. The first-order chi connectivity index (χ1) is 11.5. The Labute approximate surface area is 155 Å². The van der Waals surface area contributed by atoms with Crippen molar-refractivity contribution >= 4 is 8.32 Å². The summed E-state index contributed by atoms with van der Waals surface area (Å²) in [5, 5.41) is 0. The molecule has 0 N–H and O–H groups in total. The van der Waals surface area contributed by atoms with Crippen molar-refractivity contribution in [2.24, 2.45) is 5.41 Å². The second-order valence-electron chi connectivity index (χ2n) is 8.63. The third kappa shape index (κ3) is 3.31. The zero-order valence-corrected chi connectivity index (χ0v) is 18.6. The van der Waals surface area contributed by atoms with Gasteiger partial charge in [-0.15, -0.1) is 0 Å². The van der Waals surface area contributed by atoms with Crippen LogP contribution in [0.3, 0.4) is 0 Å². The molecule has 2 rings (SSSR count). The van der Waals surface area contributed by atoms with E-state index in [1.165, 1.54) is 5.57 Å². The summed E-state index contributed by atoms with van der Waals surface area (Å²) in [6.07, 6.45) is 5.19. The fraction of sp³-hybridized carbons (Fsp3) is 0.810. The van der Waals surface area contributed by atoms with Crippen LogP contribution in [0, 0.1) is 5.41 Å². The van der Waals surface area contributed by atoms with Crippen LogP contribution >= 0.6 is 0 Å². The lowest BCUT2D eigenvalue weighted by atomic mass is 9.63. The van der Waals surface area contributed by atoms with E-state index in [0.29, 0.717) is 0 Å². The molecule has 0 aromatic heterocycles. The highest BCUT2D eigenvalue weighted by molar-refractivity contribution is 6.73. The molecular formula is C21H38O3Si. The van der Waals surface area contributed by atoms with Crippen LogP contribution in [0.15, 0.2) is 24.3 Å². The lowest BCUT2D eigenvalue weighted by Gasteiger charge is -2.55. The summed E-state index contributed by atoms with van der Waals surface area (Å²) in [4.78, 5) is 0. The molecule has 1 heterocycles. The maximum Gasteiger partial charge on any atom is 0.193 e. The number of hydrogen-bond donors (Lipinski definition) is 0. The van der Waals surface area contributed by atoms with E-state index < -0.39 is 19.7 Å². The lowest BCUT2D eigenvalue weighted by molar-refractivity contribution is -0.181. The highest BCUT2D eigenvalue weighted by Crippen LogP contribution is 2.55. The average Bonchev–Trinajstić information content (AvgIpc) is 2.81. The van der Waals surface area contributed by atoms with E-state index in [1.807, 2.05) is 6.08 Å². The van der Waals surface area contributed by atoms with Crippen molar-refractivity contribution in [1.29, 1.82) is 0 Å². The molecule has 0 radical (unpaired) electrons. The van der Waals surface area contributed by atoms with Crippen molar-refractivity contribution in [3.05, 3.63) is 24.3 Å². The number of rotatable bonds is 6. The fourth-order valence-electron chi connectivity index (χ4n) is 4.77. The van der Waals surface area contributed by atoms with Gasteiger partial charge in [0.25, 0.3) is 0 Å². The molecule has 25 heavy (non-hydrogen) atoms. The van der Waals surface area contributed by atoms with Crippen LogP contribution in [-0.2, 0) is 13.9 Å². The molecule has 144 valence electrons. The molecule has 1 fully saturated rings. The van der Waals surface area contributed by atoms with Gasteiger partial charge in [0, 0.05) is 11.8 Å². The molecule has 1 saturated heterocycles. The topological polar surface area (TPSA) is 27.7 Å². The molecule has 1 aliphatic heterocycles. The Morgan fingerprint density at radius 2 is 1.64 bits per heavy atom. The average molecular weight is 367 g/mol. The van der Waals surface area contributed by atoms with Gasteiger partial charge in [0.2, 0.25) is 0 Å². The van der Waals surface area contributed by atoms with E-state index in [2.05, 4.69) is 68.0 Å². The molecule has 4 heteroatoms. The Morgan fingerprint density at radius 3 is 2.00 bits per heavy atom. The molecule has 2 aliphatic rings. The first kappa shape index (κ1) is 20.9. The van der Waals surface area contributed by atoms with Gasteiger partial charge in [-0.25, -0.2) is 0 Å². The van der Waals surface area contributed by atoms with Crippen LogP contribution in [0.25, 0.3) is 0 Å². The van der Waals surface area contributed by atoms with Crippen molar-refractivity contribution in [2.45, 2.75) is 104 Å². The smallest absolute Gasteiger partial charge is 0.193 e. The highest BCUT2D eigenvalue weighted by Gasteiger charge is 2.59. The zero-order chi connectivity index (χ0) is 19.1. The molecule has 3 unspecified atom stereocenters. The normalized spacial score (nSPS) is 38.0. The Morgan fingerprint density at radius 1 is 1.16 bits per heavy atom. The van der Waals surface area contributed by atoms with E-state index in [1.54, 1.807) is 0 Å². The first-order valence-electron chi connectivity index (χ1n) is 9.94. The SMILES string of the molecule is C=CC1(O[Si](CC)(CC)CC)C(C)=CC2(CC1(C)C)OC(C)C(C)O2. The minimum absolute atomic E-state index is 0.104. The lowest BCUT2D eigenvalue weighted by Crippen LogP contribution is -2.59. The summed E-state index contributed by atoms with van der Waals surface area (Å²) in [6, 6.07) is 3.39. The van der Waals surface area contributed by atoms with Crippen LogP contribution in [0.4, 0.5) is 0 Å². The maximum absolute atomic E-state index is 7.09. The molecule has 0 amide bonds. The largest absolute Gasteiger partial charge is 0.404 e. The first-order valence-corrected chi connectivity index (χ1v) is 12.5. The van der Waals surface area contributed by atoms with Crippen molar-refractivity contribution in [3.8, 4) is 0 Å². The van der Waals surface area contributed by atoms with Crippen LogP contribution in [0.1, 0.15) is 61.8 Å². The van der Waals surface area contributed by atoms with Crippen molar-refractivity contribution < 1.29 is 13.9 Å². The number of ether oxygens (including phenoxy) is 2. The zero-order valence-electron chi connectivity index (χ0n) is 17.6. The van der Waals surface area contributed by atoms with E-state index in [9.17, 15) is 0 Å². The molecule has 1 spiro atoms. The second-order valence-corrected chi connectivity index (χ2v) is 13.3. The third-order valence-electron chi connectivity index (χ3n) is 6.75. The molecular weight excluding hydrogens is 328 g/mol. The number of hydrogen-bond acceptors (Lipinski definition) is 3. The van der Waals surface area contributed by atoms with Crippen LogP contribution in [-0.4, -0.2) is 31.9 Å². The van der Waals surface area contributed by atoms with Gasteiger partial charge in [-0.05, 0) is 50.6 Å². The Bertz CT molecular complexity index is 517. The van der Waals surface area contributed by atoms with Gasteiger partial charge in [0.05, 0.1) is 12.2 Å². The summed E-state index contributed by atoms with van der Waals surface area (Å²) in [7, 11) is -1.80. The standard InChI is InChI=1S/C21H38O3Si/c1-10-21(24-25(11-2,12-3)13-4)16(5)14-20(15-19(21,8)9)22-17(6)18(7)23-20/h10,14,17-18H,1,11-13,15H2,2-9H3. The summed E-state index contributed by atoms with van der Waals surface area (Å²) >= 11 is 0. The Kier molecular flexibility index (Phi) is 5.81. The molecule has 0 saturated carbocycles. The Hall–Kier alpha value is -0.423. The van der Waals surface area contributed by atoms with Crippen molar-refractivity contribution in [1.82, 2.24) is 0 Å². The summed E-state index contributed by atoms with van der Waals surface area (Å²) in [5.41, 5.74) is 0.566. The van der Waals surface area contributed by atoms with Crippen LogP contribution in [0.2, 0.25) is 18.1 Å². The molecule has 1 aliphatic carbocycles. The van der Waals surface area contributed by atoms with E-state index in [0.717, 1.165) is 24.6 Å². The fourth-order valence-corrected chi connectivity index (χ4v) is 7.91. The van der Waals surface area contributed by atoms with Crippen LogP contribution < -0.4 is 0 Å². The second kappa shape index (κ2) is 6.95. The van der Waals surface area contributed by atoms with Gasteiger partial charge in [-0.3, -0.25) is 0 Å². The third-order valence-corrected chi connectivity index (χ3v) is 11.4. The van der Waals surface area contributed by atoms with E-state index >= 15 is 0 Å². The van der Waals surface area contributed by atoms with Gasteiger partial charge in [0.15, 0.2) is 14.1 Å². The van der Waals surface area contributed by atoms with E-state index in [-0.39, 0.29) is 17.6 Å². The predicted octanol–water partition coefficient (Wildman–Crippen LogP) is 5.83. The quantitative estimate of drug-likeness (QED) is 0.437. The summed E-state index contributed by atoms with van der Waals surface area (Å²) in [6.45, 7) is 21.9. The van der Waals surface area contributed by atoms with E-state index in [4.69, 9.17) is 13.9 Å². The highest BCUT2D eigenvalue weighted by atomic mass is 28.4. The summed E-state index contributed by atoms with van der Waals surface area (Å²) < 4.78 is 19.6. The minimum Gasteiger partial charge on any atom is -0.404 e. The van der Waals surface area contributed by atoms with Gasteiger partial charge < -0.3 is 13.9 Å². The maximum atomic E-state index is 7.09. The predicted molar refractivity (Wildman–Crippen MR) is 107 cm³/mol. The van der Waals surface area contributed by atoms with Gasteiger partial charge in [-0.2, -0.15) is 0 Å². The molecule has 3 nitrogen and oxygen atoms in total. The monoisotopic (exact) mass is 366 g/mol. The summed E-state index contributed by atoms with van der Waals surface area (Å²) in [5.74, 6) is -0.628. The van der Waals surface area contributed by atoms with Crippen molar-refractivity contribution in [3.63, 3.8) is 0 Å². The molecule has 3 atom stereocenters. The van der Waals surface area contributed by atoms with Crippen LogP contribution in [0.5, 0.6) is 0 Å². The molecule has 0 bridgehead atoms. The van der Waals surface area contributed by atoms with Gasteiger partial charge in [-0.1, -0.05) is 47.3 Å².